The fourth-order valence-corrected chi connectivity index (χ4v) is 6.12. The zero-order valence-electron chi connectivity index (χ0n) is 12.4. The van der Waals surface area contributed by atoms with Crippen molar-refractivity contribution in [3.63, 3.8) is 0 Å². The van der Waals surface area contributed by atoms with Gasteiger partial charge >= 0.3 is 0 Å². The summed E-state index contributed by atoms with van der Waals surface area (Å²) in [5.41, 5.74) is 0.122. The van der Waals surface area contributed by atoms with Gasteiger partial charge in [0.1, 0.15) is 5.82 Å². The van der Waals surface area contributed by atoms with Gasteiger partial charge in [0.25, 0.3) is 0 Å². The summed E-state index contributed by atoms with van der Waals surface area (Å²) in [5, 5.41) is -0.990. The Morgan fingerprint density at radius 3 is 2.59 bits per heavy atom. The van der Waals surface area contributed by atoms with Gasteiger partial charge < -0.3 is 0 Å². The number of benzene rings is 1. The van der Waals surface area contributed by atoms with Crippen LogP contribution in [0.3, 0.4) is 0 Å². The molecule has 0 N–H and O–H groups in total. The summed E-state index contributed by atoms with van der Waals surface area (Å²) in [7, 11) is -7.04. The minimum atomic E-state index is -3.59. The van der Waals surface area contributed by atoms with Crippen LogP contribution in [0.4, 0.5) is 4.39 Å². The summed E-state index contributed by atoms with van der Waals surface area (Å²) in [6, 6.07) is 5.76. The zero-order valence-corrected chi connectivity index (χ0v) is 14.0. The van der Waals surface area contributed by atoms with Crippen molar-refractivity contribution in [2.45, 2.75) is 25.0 Å². The summed E-state index contributed by atoms with van der Waals surface area (Å²) in [6.45, 7) is 1.80. The third-order valence-electron chi connectivity index (χ3n) is 3.81. The van der Waals surface area contributed by atoms with E-state index in [9.17, 15) is 21.2 Å². The molecule has 124 valence electrons. The van der Waals surface area contributed by atoms with E-state index in [0.717, 1.165) is 0 Å². The van der Waals surface area contributed by atoms with E-state index in [-0.39, 0.29) is 36.6 Å². The molecule has 1 aromatic carbocycles. The van der Waals surface area contributed by atoms with Crippen LogP contribution in [0.2, 0.25) is 0 Å². The molecule has 0 saturated carbocycles. The summed E-state index contributed by atoms with van der Waals surface area (Å²) in [5.74, 6) is -0.854. The fourth-order valence-electron chi connectivity index (χ4n) is 2.67. The lowest BCUT2D eigenvalue weighted by Gasteiger charge is -2.19. The minimum Gasteiger partial charge on any atom is -0.228 e. The average molecular weight is 349 g/mol. The second-order valence-electron chi connectivity index (χ2n) is 5.38. The molecule has 0 bridgehead atoms. The normalized spacial score (nSPS) is 23.1. The van der Waals surface area contributed by atoms with Gasteiger partial charge in [-0.2, -0.15) is 0 Å². The highest BCUT2D eigenvalue weighted by Crippen LogP contribution is 2.31. The van der Waals surface area contributed by atoms with Crippen molar-refractivity contribution in [1.82, 2.24) is 4.31 Å². The lowest BCUT2D eigenvalue weighted by atomic mass is 10.1. The van der Waals surface area contributed by atoms with E-state index >= 15 is 0 Å². The van der Waals surface area contributed by atoms with Gasteiger partial charge in [-0.25, -0.2) is 25.5 Å². The molecular formula is C14H20FNO4S2. The van der Waals surface area contributed by atoms with Gasteiger partial charge in [-0.3, -0.25) is 0 Å². The van der Waals surface area contributed by atoms with Crippen LogP contribution in [0.5, 0.6) is 0 Å². The number of hydrogen-bond acceptors (Lipinski definition) is 4. The SMILES string of the molecule is CCCS(=O)(=O)N1CCC(c2ccccc2F)S(=O)(=O)CC1. The first-order valence-corrected chi connectivity index (χ1v) is 10.5. The highest BCUT2D eigenvalue weighted by molar-refractivity contribution is 7.92. The van der Waals surface area contributed by atoms with Crippen LogP contribution < -0.4 is 0 Å². The van der Waals surface area contributed by atoms with Crippen molar-refractivity contribution >= 4 is 19.9 Å². The molecule has 0 radical (unpaired) electrons. The van der Waals surface area contributed by atoms with Gasteiger partial charge in [-0.15, -0.1) is 0 Å². The van der Waals surface area contributed by atoms with Gasteiger partial charge in [0.05, 0.1) is 16.8 Å². The molecule has 22 heavy (non-hydrogen) atoms. The molecule has 0 aromatic heterocycles. The van der Waals surface area contributed by atoms with Gasteiger partial charge in [0, 0.05) is 18.7 Å². The molecule has 1 aromatic rings. The van der Waals surface area contributed by atoms with Crippen molar-refractivity contribution in [2.75, 3.05) is 24.6 Å². The monoisotopic (exact) mass is 349 g/mol. The van der Waals surface area contributed by atoms with Crippen LogP contribution in [-0.2, 0) is 19.9 Å². The average Bonchev–Trinajstić information content (AvgIpc) is 2.58. The van der Waals surface area contributed by atoms with E-state index in [1.807, 2.05) is 0 Å². The van der Waals surface area contributed by atoms with Crippen LogP contribution in [0.15, 0.2) is 24.3 Å². The van der Waals surface area contributed by atoms with Gasteiger partial charge in [0.15, 0.2) is 9.84 Å². The van der Waals surface area contributed by atoms with Gasteiger partial charge in [0.2, 0.25) is 10.0 Å². The quantitative estimate of drug-likeness (QED) is 0.830. The molecule has 1 aliphatic rings. The van der Waals surface area contributed by atoms with E-state index in [1.165, 1.54) is 22.5 Å². The molecule has 0 amide bonds. The van der Waals surface area contributed by atoms with Crippen LogP contribution in [-0.4, -0.2) is 45.7 Å². The third-order valence-corrected chi connectivity index (χ3v) is 7.99. The Morgan fingerprint density at radius 1 is 1.27 bits per heavy atom. The number of hydrogen-bond donors (Lipinski definition) is 0. The van der Waals surface area contributed by atoms with Crippen molar-refractivity contribution in [3.8, 4) is 0 Å². The second-order valence-corrected chi connectivity index (χ2v) is 9.77. The molecule has 5 nitrogen and oxygen atoms in total. The van der Waals surface area contributed by atoms with E-state index in [1.54, 1.807) is 13.0 Å². The molecule has 1 aliphatic heterocycles. The first-order valence-electron chi connectivity index (χ1n) is 7.22. The highest BCUT2D eigenvalue weighted by atomic mass is 32.2. The van der Waals surface area contributed by atoms with E-state index in [4.69, 9.17) is 0 Å². The predicted molar refractivity (Wildman–Crippen MR) is 83.2 cm³/mol. The Balaban J connectivity index is 2.31. The molecular weight excluding hydrogens is 329 g/mol. The molecule has 1 unspecified atom stereocenters. The molecule has 1 atom stereocenters. The predicted octanol–water partition coefficient (Wildman–Crippen LogP) is 1.73. The van der Waals surface area contributed by atoms with Gasteiger partial charge in [-0.05, 0) is 18.9 Å². The van der Waals surface area contributed by atoms with Crippen LogP contribution in [0.1, 0.15) is 30.6 Å². The minimum absolute atomic E-state index is 0.00257. The Kier molecular flexibility index (Phi) is 5.24. The molecule has 1 saturated heterocycles. The van der Waals surface area contributed by atoms with E-state index in [0.29, 0.717) is 6.42 Å². The van der Waals surface area contributed by atoms with Crippen molar-refractivity contribution in [1.29, 1.82) is 0 Å². The van der Waals surface area contributed by atoms with Crippen molar-refractivity contribution in [2.24, 2.45) is 0 Å². The first-order chi connectivity index (χ1) is 10.3. The topological polar surface area (TPSA) is 71.5 Å². The first kappa shape index (κ1) is 17.4. The molecule has 1 fully saturated rings. The second kappa shape index (κ2) is 6.64. The van der Waals surface area contributed by atoms with E-state index < -0.39 is 30.9 Å². The Morgan fingerprint density at radius 2 is 1.95 bits per heavy atom. The smallest absolute Gasteiger partial charge is 0.214 e. The maximum absolute atomic E-state index is 13.9. The van der Waals surface area contributed by atoms with E-state index in [2.05, 4.69) is 0 Å². The maximum Gasteiger partial charge on any atom is 0.214 e. The van der Waals surface area contributed by atoms with Crippen LogP contribution >= 0.6 is 0 Å². The number of nitrogens with zero attached hydrogens (tertiary/aromatic N) is 1. The molecule has 0 aliphatic carbocycles. The summed E-state index contributed by atoms with van der Waals surface area (Å²) in [4.78, 5) is 0. The van der Waals surface area contributed by atoms with Crippen LogP contribution in [0, 0.1) is 5.82 Å². The molecule has 0 spiro atoms. The third kappa shape index (κ3) is 3.67. The standard InChI is InChI=1S/C14H20FNO4S2/c1-2-10-22(19,20)16-8-7-14(21(17,18)11-9-16)12-5-3-4-6-13(12)15/h3-6,14H,2,7-11H2,1H3. The van der Waals surface area contributed by atoms with Crippen molar-refractivity contribution in [3.05, 3.63) is 35.6 Å². The molecule has 1 heterocycles. The largest absolute Gasteiger partial charge is 0.228 e. The van der Waals surface area contributed by atoms with Crippen LogP contribution in [0.25, 0.3) is 0 Å². The summed E-state index contributed by atoms with van der Waals surface area (Å²) in [6.07, 6.45) is 0.550. The number of sulfone groups is 1. The van der Waals surface area contributed by atoms with Crippen molar-refractivity contribution < 1.29 is 21.2 Å². The lowest BCUT2D eigenvalue weighted by molar-refractivity contribution is 0.426. The van der Waals surface area contributed by atoms with Gasteiger partial charge in [-0.1, -0.05) is 25.1 Å². The lowest BCUT2D eigenvalue weighted by Crippen LogP contribution is -2.35. The Labute approximate surface area is 131 Å². The maximum atomic E-state index is 13.9. The summed E-state index contributed by atoms with van der Waals surface area (Å²) >= 11 is 0. The zero-order chi connectivity index (χ0) is 16.4. The molecule has 2 rings (SSSR count). The Hall–Kier alpha value is -0.990. The number of halogens is 1. The highest BCUT2D eigenvalue weighted by Gasteiger charge is 2.35. The molecule has 8 heteroatoms. The number of rotatable bonds is 4. The number of sulfonamides is 1. The fraction of sp³-hybridized carbons (Fsp3) is 0.571. The summed E-state index contributed by atoms with van der Waals surface area (Å²) < 4.78 is 64.1. The Bertz CT molecular complexity index is 731.